The van der Waals surface area contributed by atoms with Crippen LogP contribution in [-0.2, 0) is 0 Å². The van der Waals surface area contributed by atoms with Gasteiger partial charge in [0.05, 0.1) is 28.8 Å². The molecule has 0 unspecified atom stereocenters. The van der Waals surface area contributed by atoms with Crippen molar-refractivity contribution in [1.29, 1.82) is 0 Å². The molecular weight excluding hydrogens is 489 g/mol. The first-order valence-corrected chi connectivity index (χ1v) is 12.7. The van der Waals surface area contributed by atoms with Gasteiger partial charge in [-0.05, 0) is 65.4 Å². The first kappa shape index (κ1) is 24.5. The molecule has 0 radical (unpaired) electrons. The molecule has 5 aromatic heterocycles. The Kier molecular flexibility index (Phi) is 5.95. The number of halogens is 1. The lowest BCUT2D eigenvalue weighted by Crippen LogP contribution is -2.10. The Morgan fingerprint density at radius 1 is 1.00 bits per heavy atom. The van der Waals surface area contributed by atoms with Crippen LogP contribution in [0.25, 0.3) is 55.8 Å². The smallest absolute Gasteiger partial charge is 0.138 e. The summed E-state index contributed by atoms with van der Waals surface area (Å²) in [4.78, 5) is 17.3. The van der Waals surface area contributed by atoms with Crippen molar-refractivity contribution >= 4 is 27.8 Å². The third-order valence-corrected chi connectivity index (χ3v) is 6.45. The normalized spacial score (nSPS) is 11.8. The molecule has 194 valence electrons. The summed E-state index contributed by atoms with van der Waals surface area (Å²) in [6.07, 6.45) is 6.18. The maximum atomic E-state index is 13.5. The Hall–Kier alpha value is -4.85. The fourth-order valence-corrected chi connectivity index (χ4v) is 4.82. The molecule has 0 aliphatic rings. The van der Waals surface area contributed by atoms with E-state index >= 15 is 0 Å². The second-order valence-electron chi connectivity index (χ2n) is 10.9. The monoisotopic (exact) mass is 517 g/mol. The zero-order valence-electron chi connectivity index (χ0n) is 22.0. The number of pyridine rings is 3. The number of anilines is 1. The lowest BCUT2D eigenvalue weighted by molar-refractivity contribution is 0.411. The molecule has 0 amide bonds. The number of benzene rings is 1. The van der Waals surface area contributed by atoms with Crippen molar-refractivity contribution in [2.24, 2.45) is 5.41 Å². The van der Waals surface area contributed by atoms with Crippen LogP contribution in [0.2, 0.25) is 0 Å². The quantitative estimate of drug-likeness (QED) is 0.210. The van der Waals surface area contributed by atoms with E-state index in [1.165, 1.54) is 12.1 Å². The second-order valence-corrected chi connectivity index (χ2v) is 10.9. The molecule has 0 saturated carbocycles. The van der Waals surface area contributed by atoms with Crippen LogP contribution in [0, 0.1) is 11.2 Å². The summed E-state index contributed by atoms with van der Waals surface area (Å²) in [5, 5.41) is 12.0. The fourth-order valence-electron chi connectivity index (χ4n) is 4.82. The molecule has 0 aliphatic heterocycles. The van der Waals surface area contributed by atoms with Crippen molar-refractivity contribution in [1.82, 2.24) is 30.1 Å². The number of rotatable bonds is 6. The van der Waals surface area contributed by atoms with Crippen LogP contribution >= 0.6 is 0 Å². The van der Waals surface area contributed by atoms with E-state index < -0.39 is 0 Å². The van der Waals surface area contributed by atoms with E-state index in [0.717, 1.165) is 68.0 Å². The molecule has 1 aromatic carbocycles. The number of hydrogen-bond acceptors (Lipinski definition) is 5. The average molecular weight is 518 g/mol. The predicted molar refractivity (Wildman–Crippen MR) is 154 cm³/mol. The van der Waals surface area contributed by atoms with Crippen molar-refractivity contribution in [2.45, 2.75) is 27.2 Å². The Balaban J connectivity index is 1.36. The van der Waals surface area contributed by atoms with Crippen LogP contribution in [0.15, 0.2) is 85.5 Å². The summed E-state index contributed by atoms with van der Waals surface area (Å²) in [7, 11) is 0. The Bertz CT molecular complexity index is 1820. The Labute approximate surface area is 225 Å². The highest BCUT2D eigenvalue weighted by Gasteiger charge is 2.17. The van der Waals surface area contributed by atoms with Gasteiger partial charge in [-0.3, -0.25) is 10.1 Å². The fraction of sp³-hybridized carbons (Fsp3) is 0.161. The third-order valence-electron chi connectivity index (χ3n) is 6.45. The van der Waals surface area contributed by atoms with Gasteiger partial charge in [-0.15, -0.1) is 0 Å². The van der Waals surface area contributed by atoms with Gasteiger partial charge < -0.3 is 10.3 Å². The number of allylic oxidation sites excluding steroid dienone is 1. The number of H-pyrrole nitrogens is 2. The molecule has 7 nitrogen and oxygen atoms in total. The highest BCUT2D eigenvalue weighted by atomic mass is 19.1. The first-order chi connectivity index (χ1) is 18.7. The van der Waals surface area contributed by atoms with E-state index in [2.05, 4.69) is 57.8 Å². The van der Waals surface area contributed by atoms with Gasteiger partial charge in [-0.25, -0.2) is 14.4 Å². The molecule has 6 aromatic rings. The molecule has 8 heteroatoms. The predicted octanol–water partition coefficient (Wildman–Crippen LogP) is 7.73. The van der Waals surface area contributed by atoms with Crippen molar-refractivity contribution in [3.05, 3.63) is 91.3 Å². The Morgan fingerprint density at radius 2 is 1.82 bits per heavy atom. The van der Waals surface area contributed by atoms with E-state index in [9.17, 15) is 4.39 Å². The van der Waals surface area contributed by atoms with E-state index in [-0.39, 0.29) is 11.2 Å². The lowest BCUT2D eigenvalue weighted by atomic mass is 9.91. The molecule has 0 saturated heterocycles. The SMILES string of the molecule is C=C(CC(C)(C)C)Nc1cncc(-c2ccc3[nH]nc(-c4cc5c(-c6ccc(F)cc6)ccnc5[nH]4)c3n2)c1. The topological polar surface area (TPSA) is 95.2 Å². The minimum atomic E-state index is -0.268. The summed E-state index contributed by atoms with van der Waals surface area (Å²) in [5.74, 6) is -0.268. The van der Waals surface area contributed by atoms with E-state index in [4.69, 9.17) is 4.98 Å². The third kappa shape index (κ3) is 5.01. The largest absolute Gasteiger partial charge is 0.358 e. The van der Waals surface area contributed by atoms with E-state index in [1.807, 2.05) is 30.3 Å². The molecule has 6 rings (SSSR count). The number of aromatic amines is 2. The van der Waals surface area contributed by atoms with Gasteiger partial charge in [0.25, 0.3) is 0 Å². The number of nitrogens with one attached hydrogen (secondary N) is 3. The van der Waals surface area contributed by atoms with Crippen molar-refractivity contribution < 1.29 is 4.39 Å². The van der Waals surface area contributed by atoms with E-state index in [1.54, 1.807) is 30.7 Å². The second kappa shape index (κ2) is 9.47. The molecule has 39 heavy (non-hydrogen) atoms. The maximum absolute atomic E-state index is 13.5. The van der Waals surface area contributed by atoms with Crippen molar-refractivity contribution in [3.63, 3.8) is 0 Å². The van der Waals surface area contributed by atoms with Gasteiger partial charge in [0.1, 0.15) is 22.7 Å². The van der Waals surface area contributed by atoms with Gasteiger partial charge in [0.2, 0.25) is 0 Å². The lowest BCUT2D eigenvalue weighted by Gasteiger charge is -2.20. The van der Waals surface area contributed by atoms with Crippen LogP contribution in [0.4, 0.5) is 10.1 Å². The van der Waals surface area contributed by atoms with Crippen LogP contribution < -0.4 is 5.32 Å². The molecule has 3 N–H and O–H groups in total. The van der Waals surface area contributed by atoms with Gasteiger partial charge in [0, 0.05) is 29.0 Å². The summed E-state index contributed by atoms with van der Waals surface area (Å²) in [5.41, 5.74) is 9.23. The molecule has 0 atom stereocenters. The van der Waals surface area contributed by atoms with Crippen LogP contribution in [0.1, 0.15) is 27.2 Å². The standard InChI is InChI=1S/C31H28FN7/c1-18(15-31(2,3)4)35-22-13-20(16-33-17-22)25-9-10-26-28(36-25)29(39-38-26)27-14-24-23(11-12-34-30(24)37-27)19-5-7-21(32)8-6-19/h5-14,16-17,35H,1,15H2,2-4H3,(H,34,37)(H,38,39). The molecule has 0 fully saturated rings. The number of nitrogens with zero attached hydrogens (tertiary/aromatic N) is 4. The summed E-state index contributed by atoms with van der Waals surface area (Å²) < 4.78 is 13.5. The highest BCUT2D eigenvalue weighted by molar-refractivity contribution is 5.99. The van der Waals surface area contributed by atoms with Gasteiger partial charge in [0.15, 0.2) is 0 Å². The maximum Gasteiger partial charge on any atom is 0.138 e. The number of fused-ring (bicyclic) bond motifs is 2. The number of hydrogen-bond donors (Lipinski definition) is 3. The van der Waals surface area contributed by atoms with Crippen molar-refractivity contribution in [3.8, 4) is 33.8 Å². The first-order valence-electron chi connectivity index (χ1n) is 12.7. The minimum Gasteiger partial charge on any atom is -0.358 e. The molecule has 0 spiro atoms. The van der Waals surface area contributed by atoms with Crippen LogP contribution in [-0.4, -0.2) is 30.1 Å². The highest BCUT2D eigenvalue weighted by Crippen LogP contribution is 2.34. The van der Waals surface area contributed by atoms with Crippen LogP contribution in [0.3, 0.4) is 0 Å². The van der Waals surface area contributed by atoms with E-state index in [0.29, 0.717) is 5.69 Å². The summed E-state index contributed by atoms with van der Waals surface area (Å²) in [6, 6.07) is 16.3. The molecule has 5 heterocycles. The zero-order chi connectivity index (χ0) is 27.1. The summed E-state index contributed by atoms with van der Waals surface area (Å²) >= 11 is 0. The molecule has 0 aliphatic carbocycles. The molecule has 0 bridgehead atoms. The Morgan fingerprint density at radius 3 is 2.62 bits per heavy atom. The average Bonchev–Trinajstić information content (AvgIpc) is 3.52. The zero-order valence-corrected chi connectivity index (χ0v) is 22.0. The summed E-state index contributed by atoms with van der Waals surface area (Å²) in [6.45, 7) is 10.7. The number of aromatic nitrogens is 6. The van der Waals surface area contributed by atoms with Gasteiger partial charge >= 0.3 is 0 Å². The van der Waals surface area contributed by atoms with Crippen LogP contribution in [0.5, 0.6) is 0 Å². The van der Waals surface area contributed by atoms with Gasteiger partial charge in [-0.1, -0.05) is 39.5 Å². The van der Waals surface area contributed by atoms with Crippen molar-refractivity contribution in [2.75, 3.05) is 5.32 Å². The molecular formula is C31H28FN7. The minimum absolute atomic E-state index is 0.136. The van der Waals surface area contributed by atoms with Gasteiger partial charge in [-0.2, -0.15) is 5.10 Å².